The van der Waals surface area contributed by atoms with E-state index in [0.717, 1.165) is 50.1 Å². The molecule has 0 amide bonds. The molecule has 1 unspecified atom stereocenters. The Morgan fingerprint density at radius 2 is 1.75 bits per heavy atom. The molecule has 1 aromatic rings. The molecule has 1 atom stereocenters. The number of nitrogens with one attached hydrogen (secondary N) is 1. The van der Waals surface area contributed by atoms with Gasteiger partial charge in [0.1, 0.15) is 5.82 Å². The molecule has 0 radical (unpaired) electrons. The van der Waals surface area contributed by atoms with E-state index >= 15 is 0 Å². The fourth-order valence-electron chi connectivity index (χ4n) is 2.42. The zero-order valence-corrected chi connectivity index (χ0v) is 13.4. The van der Waals surface area contributed by atoms with Crippen molar-refractivity contribution in [3.63, 3.8) is 0 Å². The molecule has 0 aliphatic heterocycles. The molecule has 0 fully saturated rings. The van der Waals surface area contributed by atoms with E-state index in [4.69, 9.17) is 0 Å². The lowest BCUT2D eigenvalue weighted by Crippen LogP contribution is -2.26. The van der Waals surface area contributed by atoms with Gasteiger partial charge in [-0.2, -0.15) is 0 Å². The van der Waals surface area contributed by atoms with Crippen LogP contribution in [0.4, 0.5) is 10.1 Å². The van der Waals surface area contributed by atoms with Gasteiger partial charge in [-0.25, -0.2) is 4.39 Å². The van der Waals surface area contributed by atoms with Crippen molar-refractivity contribution in [3.8, 4) is 0 Å². The van der Waals surface area contributed by atoms with Crippen LogP contribution in [-0.2, 0) is 0 Å². The van der Waals surface area contributed by atoms with Crippen LogP contribution in [0.15, 0.2) is 18.2 Å². The second-order valence-electron chi connectivity index (χ2n) is 5.37. The van der Waals surface area contributed by atoms with Gasteiger partial charge in [0.15, 0.2) is 0 Å². The summed E-state index contributed by atoms with van der Waals surface area (Å²) in [5, 5.41) is 3.39. The van der Waals surface area contributed by atoms with Gasteiger partial charge in [0.05, 0.1) is 5.69 Å². The number of rotatable bonds is 9. The van der Waals surface area contributed by atoms with Crippen molar-refractivity contribution in [2.24, 2.45) is 0 Å². The van der Waals surface area contributed by atoms with Gasteiger partial charge in [-0.15, -0.1) is 0 Å². The van der Waals surface area contributed by atoms with Gasteiger partial charge in [0.25, 0.3) is 0 Å². The highest BCUT2D eigenvalue weighted by Gasteiger charge is 2.13. The van der Waals surface area contributed by atoms with Crippen molar-refractivity contribution >= 4 is 5.69 Å². The van der Waals surface area contributed by atoms with Gasteiger partial charge in [-0.3, -0.25) is 0 Å². The number of nitrogens with zero attached hydrogens (tertiary/aromatic N) is 1. The van der Waals surface area contributed by atoms with Gasteiger partial charge >= 0.3 is 0 Å². The average molecular weight is 280 g/mol. The molecule has 0 saturated carbocycles. The Balaban J connectivity index is 2.85. The Labute approximate surface area is 123 Å². The van der Waals surface area contributed by atoms with Crippen LogP contribution in [0.5, 0.6) is 0 Å². The molecule has 20 heavy (non-hydrogen) atoms. The summed E-state index contributed by atoms with van der Waals surface area (Å²) in [4.78, 5) is 2.14. The summed E-state index contributed by atoms with van der Waals surface area (Å²) in [7, 11) is 0. The Hall–Kier alpha value is -1.09. The van der Waals surface area contributed by atoms with Crippen LogP contribution in [0.2, 0.25) is 0 Å². The van der Waals surface area contributed by atoms with E-state index in [1.54, 1.807) is 6.07 Å². The maximum atomic E-state index is 14.4. The molecule has 0 saturated heterocycles. The lowest BCUT2D eigenvalue weighted by atomic mass is 10.1. The van der Waals surface area contributed by atoms with E-state index in [1.165, 1.54) is 0 Å². The summed E-state index contributed by atoms with van der Waals surface area (Å²) in [5.41, 5.74) is 1.76. The largest absolute Gasteiger partial charge is 0.369 e. The zero-order chi connectivity index (χ0) is 15.0. The Morgan fingerprint density at radius 3 is 2.25 bits per heavy atom. The van der Waals surface area contributed by atoms with Gasteiger partial charge < -0.3 is 10.2 Å². The fourth-order valence-corrected chi connectivity index (χ4v) is 2.42. The maximum absolute atomic E-state index is 14.4. The van der Waals surface area contributed by atoms with Crippen molar-refractivity contribution in [1.82, 2.24) is 5.32 Å². The van der Waals surface area contributed by atoms with E-state index in [1.807, 2.05) is 12.1 Å². The first kappa shape index (κ1) is 17.0. The summed E-state index contributed by atoms with van der Waals surface area (Å²) >= 11 is 0. The van der Waals surface area contributed by atoms with E-state index in [2.05, 4.69) is 37.9 Å². The quantitative estimate of drug-likeness (QED) is 0.716. The van der Waals surface area contributed by atoms with Crippen molar-refractivity contribution in [2.45, 2.75) is 53.0 Å². The summed E-state index contributed by atoms with van der Waals surface area (Å²) in [6, 6.07) is 5.86. The molecule has 1 N–H and O–H groups in total. The molecule has 114 valence electrons. The van der Waals surface area contributed by atoms with Crippen molar-refractivity contribution < 1.29 is 4.39 Å². The molecule has 0 bridgehead atoms. The Bertz CT molecular complexity index is 387. The van der Waals surface area contributed by atoms with Gasteiger partial charge in [0, 0.05) is 19.1 Å². The van der Waals surface area contributed by atoms with Crippen molar-refractivity contribution in [1.29, 1.82) is 0 Å². The highest BCUT2D eigenvalue weighted by molar-refractivity contribution is 5.49. The van der Waals surface area contributed by atoms with Crippen molar-refractivity contribution in [3.05, 3.63) is 29.6 Å². The van der Waals surface area contributed by atoms with Crippen LogP contribution in [-0.4, -0.2) is 19.6 Å². The average Bonchev–Trinajstić information content (AvgIpc) is 2.44. The first-order valence-corrected chi connectivity index (χ1v) is 7.91. The predicted octanol–water partition coefficient (Wildman–Crippen LogP) is 4.51. The standard InChI is InChI=1S/C17H29FN2/c1-5-10-19-14(4)15-8-9-17(16(18)13-15)20(11-6-2)12-7-3/h8-9,13-14,19H,5-7,10-12H2,1-4H3. The fraction of sp³-hybridized carbons (Fsp3) is 0.647. The number of anilines is 1. The third-order valence-electron chi connectivity index (χ3n) is 3.50. The highest BCUT2D eigenvalue weighted by atomic mass is 19.1. The molecule has 0 spiro atoms. The van der Waals surface area contributed by atoms with Gasteiger partial charge in [0.2, 0.25) is 0 Å². The molecule has 2 nitrogen and oxygen atoms in total. The molecule has 0 aromatic heterocycles. The van der Waals surface area contributed by atoms with Crippen molar-refractivity contribution in [2.75, 3.05) is 24.5 Å². The Kier molecular flexibility index (Phi) is 7.60. The van der Waals surface area contributed by atoms with Crippen LogP contribution in [0, 0.1) is 5.82 Å². The van der Waals surface area contributed by atoms with Crippen LogP contribution in [0.1, 0.15) is 58.6 Å². The lowest BCUT2D eigenvalue weighted by Gasteiger charge is -2.25. The SMILES string of the molecule is CCCNC(C)c1ccc(N(CCC)CCC)c(F)c1. The first-order chi connectivity index (χ1) is 9.63. The summed E-state index contributed by atoms with van der Waals surface area (Å²) < 4.78 is 14.4. The summed E-state index contributed by atoms with van der Waals surface area (Å²) in [6.45, 7) is 11.3. The monoisotopic (exact) mass is 280 g/mol. The first-order valence-electron chi connectivity index (χ1n) is 7.91. The third-order valence-corrected chi connectivity index (χ3v) is 3.50. The number of hydrogen-bond acceptors (Lipinski definition) is 2. The molecular weight excluding hydrogens is 251 g/mol. The van der Waals surface area contributed by atoms with Crippen LogP contribution in [0.25, 0.3) is 0 Å². The summed E-state index contributed by atoms with van der Waals surface area (Å²) in [6.07, 6.45) is 3.16. The zero-order valence-electron chi connectivity index (χ0n) is 13.4. The molecule has 0 aliphatic carbocycles. The number of halogens is 1. The van der Waals surface area contributed by atoms with E-state index in [0.29, 0.717) is 0 Å². The molecule has 0 heterocycles. The van der Waals surface area contributed by atoms with Crippen LogP contribution < -0.4 is 10.2 Å². The predicted molar refractivity (Wildman–Crippen MR) is 85.9 cm³/mol. The van der Waals surface area contributed by atoms with E-state index < -0.39 is 0 Å². The minimum absolute atomic E-state index is 0.102. The second-order valence-corrected chi connectivity index (χ2v) is 5.37. The molecule has 3 heteroatoms. The topological polar surface area (TPSA) is 15.3 Å². The minimum Gasteiger partial charge on any atom is -0.369 e. The smallest absolute Gasteiger partial charge is 0.146 e. The van der Waals surface area contributed by atoms with Gasteiger partial charge in [-0.1, -0.05) is 26.8 Å². The number of hydrogen-bond donors (Lipinski definition) is 1. The lowest BCUT2D eigenvalue weighted by molar-refractivity contribution is 0.560. The third kappa shape index (κ3) is 4.78. The van der Waals surface area contributed by atoms with E-state index in [9.17, 15) is 4.39 Å². The van der Waals surface area contributed by atoms with E-state index in [-0.39, 0.29) is 11.9 Å². The number of benzene rings is 1. The minimum atomic E-state index is -0.102. The molecule has 1 aromatic carbocycles. The maximum Gasteiger partial charge on any atom is 0.146 e. The highest BCUT2D eigenvalue weighted by Crippen LogP contribution is 2.24. The van der Waals surface area contributed by atoms with Crippen LogP contribution in [0.3, 0.4) is 0 Å². The molecular formula is C17H29FN2. The van der Waals surface area contributed by atoms with Crippen LogP contribution >= 0.6 is 0 Å². The normalized spacial score (nSPS) is 12.4. The second kappa shape index (κ2) is 8.96. The summed E-state index contributed by atoms with van der Waals surface area (Å²) in [5.74, 6) is -0.102. The Morgan fingerprint density at radius 1 is 1.10 bits per heavy atom. The molecule has 1 rings (SSSR count). The van der Waals surface area contributed by atoms with Gasteiger partial charge in [-0.05, 0) is 50.4 Å². The molecule has 0 aliphatic rings.